The van der Waals surface area contributed by atoms with Gasteiger partial charge in [-0.1, -0.05) is 31.4 Å². The molecule has 0 spiro atoms. The average Bonchev–Trinajstić information content (AvgIpc) is 2.67. The van der Waals surface area contributed by atoms with Crippen molar-refractivity contribution in [2.45, 2.75) is 58.5 Å². The zero-order valence-electron chi connectivity index (χ0n) is 16.1. The molecule has 5 heteroatoms. The van der Waals surface area contributed by atoms with Gasteiger partial charge in [0.2, 0.25) is 5.91 Å². The van der Waals surface area contributed by atoms with Crippen LogP contribution in [0.4, 0.5) is 0 Å². The number of hydrogen-bond donors (Lipinski definition) is 1. The van der Waals surface area contributed by atoms with Crippen LogP contribution < -0.4 is 10.8 Å². The van der Waals surface area contributed by atoms with Crippen molar-refractivity contribution in [3.63, 3.8) is 0 Å². The van der Waals surface area contributed by atoms with E-state index < -0.39 is 0 Å². The molecule has 1 heterocycles. The van der Waals surface area contributed by atoms with Crippen LogP contribution in [0.15, 0.2) is 47.6 Å². The topological polar surface area (TPSA) is 63.5 Å². The van der Waals surface area contributed by atoms with Gasteiger partial charge in [0.05, 0.1) is 6.04 Å². The van der Waals surface area contributed by atoms with Crippen LogP contribution in [-0.2, 0) is 11.3 Å². The Morgan fingerprint density at radius 3 is 2.48 bits per heavy atom. The van der Waals surface area contributed by atoms with Crippen molar-refractivity contribution in [2.24, 2.45) is 4.99 Å². The molecule has 0 aliphatic heterocycles. The smallest absolute Gasteiger partial charge is 0.263 e. The Morgan fingerprint density at radius 2 is 1.81 bits per heavy atom. The van der Waals surface area contributed by atoms with Gasteiger partial charge in [0, 0.05) is 25.2 Å². The van der Waals surface area contributed by atoms with E-state index >= 15 is 0 Å². The third-order valence-electron chi connectivity index (χ3n) is 4.94. The summed E-state index contributed by atoms with van der Waals surface area (Å²) >= 11 is 0. The van der Waals surface area contributed by atoms with Crippen LogP contribution in [0, 0.1) is 6.92 Å². The summed E-state index contributed by atoms with van der Waals surface area (Å²) in [6, 6.07) is 11.6. The van der Waals surface area contributed by atoms with E-state index in [4.69, 9.17) is 4.99 Å². The highest BCUT2D eigenvalue weighted by molar-refractivity contribution is 5.95. The summed E-state index contributed by atoms with van der Waals surface area (Å²) in [7, 11) is 0. The van der Waals surface area contributed by atoms with Gasteiger partial charge >= 0.3 is 0 Å². The number of rotatable bonds is 4. The summed E-state index contributed by atoms with van der Waals surface area (Å²) in [5.74, 6) is -0.157. The van der Waals surface area contributed by atoms with Crippen LogP contribution in [0.5, 0.6) is 0 Å². The number of aromatic nitrogens is 1. The number of aryl methyl sites for hydroxylation is 1. The van der Waals surface area contributed by atoms with E-state index in [1.807, 2.05) is 37.4 Å². The molecule has 142 valence electrons. The number of hydrogen-bond acceptors (Lipinski definition) is 3. The van der Waals surface area contributed by atoms with E-state index in [9.17, 15) is 9.59 Å². The molecule has 1 fully saturated rings. The molecule has 0 radical (unpaired) electrons. The Kier molecular flexibility index (Phi) is 6.22. The first-order chi connectivity index (χ1) is 13.0. The number of benzene rings is 1. The number of nitrogens with one attached hydrogen (secondary N) is 1. The van der Waals surface area contributed by atoms with Gasteiger partial charge in [-0.15, -0.1) is 0 Å². The minimum atomic E-state index is -0.0874. The Bertz CT molecular complexity index is 875. The summed E-state index contributed by atoms with van der Waals surface area (Å²) in [5, 5.41) is 2.76. The molecule has 0 bridgehead atoms. The number of pyridine rings is 1. The van der Waals surface area contributed by atoms with Crippen LogP contribution in [-0.4, -0.2) is 22.4 Å². The molecule has 1 aromatic carbocycles. The largest absolute Gasteiger partial charge is 0.352 e. The van der Waals surface area contributed by atoms with Gasteiger partial charge in [0.1, 0.15) is 5.49 Å². The quantitative estimate of drug-likeness (QED) is 0.903. The maximum absolute atomic E-state index is 13.0. The second kappa shape index (κ2) is 8.80. The van der Waals surface area contributed by atoms with Crippen LogP contribution >= 0.6 is 0 Å². The Hall–Kier alpha value is -2.69. The van der Waals surface area contributed by atoms with Crippen molar-refractivity contribution < 1.29 is 9.59 Å². The molecular formula is C22H27N3O2. The fourth-order valence-corrected chi connectivity index (χ4v) is 3.39. The highest BCUT2D eigenvalue weighted by Crippen LogP contribution is 2.19. The SMILES string of the molecule is CC(=O)NCc1ccc(C(=O)n2ccc(C)cc2=NC2CCCCC2)cc1. The molecule has 5 nitrogen and oxygen atoms in total. The monoisotopic (exact) mass is 365 g/mol. The third kappa shape index (κ3) is 5.16. The first-order valence-corrected chi connectivity index (χ1v) is 9.64. The number of carbonyl (C=O) groups is 2. The van der Waals surface area contributed by atoms with E-state index in [0.717, 1.165) is 29.5 Å². The lowest BCUT2D eigenvalue weighted by atomic mass is 9.96. The molecule has 1 aliphatic rings. The van der Waals surface area contributed by atoms with E-state index in [1.165, 1.54) is 26.2 Å². The summed E-state index contributed by atoms with van der Waals surface area (Å²) in [6.45, 7) is 3.97. The molecule has 1 N–H and O–H groups in total. The van der Waals surface area contributed by atoms with Crippen molar-refractivity contribution in [1.82, 2.24) is 9.88 Å². The minimum absolute atomic E-state index is 0.0701. The molecule has 0 saturated heterocycles. The number of carbonyl (C=O) groups excluding carboxylic acids is 2. The lowest BCUT2D eigenvalue weighted by Gasteiger charge is -2.18. The highest BCUT2D eigenvalue weighted by Gasteiger charge is 2.14. The molecule has 0 unspecified atom stereocenters. The zero-order valence-corrected chi connectivity index (χ0v) is 16.1. The Morgan fingerprint density at radius 1 is 1.11 bits per heavy atom. The van der Waals surface area contributed by atoms with E-state index in [2.05, 4.69) is 5.32 Å². The normalized spacial score (nSPS) is 15.6. The predicted octanol–water partition coefficient (Wildman–Crippen LogP) is 3.35. The van der Waals surface area contributed by atoms with Crippen molar-refractivity contribution in [3.8, 4) is 0 Å². The summed E-state index contributed by atoms with van der Waals surface area (Å²) < 4.78 is 1.64. The van der Waals surface area contributed by atoms with Crippen LogP contribution in [0.1, 0.15) is 60.5 Å². The summed E-state index contributed by atoms with van der Waals surface area (Å²) in [6.07, 6.45) is 7.71. The standard InChI is InChI=1S/C22H27N3O2/c1-16-12-13-25(21(14-16)24-20-6-4-3-5-7-20)22(27)19-10-8-18(9-11-19)15-23-17(2)26/h8-14,20H,3-7,15H2,1-2H3,(H,23,26). The van der Waals surface area contributed by atoms with Gasteiger partial charge < -0.3 is 5.32 Å². The molecule has 3 rings (SSSR count). The van der Waals surface area contributed by atoms with Gasteiger partial charge in [-0.05, 0) is 55.2 Å². The first kappa shape index (κ1) is 19.1. The van der Waals surface area contributed by atoms with Crippen LogP contribution in [0.2, 0.25) is 0 Å². The predicted molar refractivity (Wildman–Crippen MR) is 105 cm³/mol. The third-order valence-corrected chi connectivity index (χ3v) is 4.94. The molecule has 1 amide bonds. The highest BCUT2D eigenvalue weighted by atomic mass is 16.2. The fourth-order valence-electron chi connectivity index (χ4n) is 3.39. The average molecular weight is 365 g/mol. The van der Waals surface area contributed by atoms with Crippen molar-refractivity contribution in [3.05, 3.63) is 64.8 Å². The fraction of sp³-hybridized carbons (Fsp3) is 0.409. The van der Waals surface area contributed by atoms with E-state index in [0.29, 0.717) is 18.2 Å². The van der Waals surface area contributed by atoms with Crippen LogP contribution in [0.25, 0.3) is 0 Å². The maximum atomic E-state index is 13.0. The zero-order chi connectivity index (χ0) is 19.2. The molecule has 2 aromatic rings. The molecular weight excluding hydrogens is 338 g/mol. The first-order valence-electron chi connectivity index (χ1n) is 9.64. The molecule has 1 aliphatic carbocycles. The molecule has 1 aromatic heterocycles. The molecule has 0 atom stereocenters. The van der Waals surface area contributed by atoms with Gasteiger partial charge in [0.15, 0.2) is 0 Å². The molecule has 1 saturated carbocycles. The summed E-state index contributed by atoms with van der Waals surface area (Å²) in [5.41, 5.74) is 3.40. The van der Waals surface area contributed by atoms with Gasteiger partial charge in [0.25, 0.3) is 5.91 Å². The maximum Gasteiger partial charge on any atom is 0.263 e. The van der Waals surface area contributed by atoms with Gasteiger partial charge in [-0.3, -0.25) is 19.1 Å². The van der Waals surface area contributed by atoms with Gasteiger partial charge in [-0.25, -0.2) is 0 Å². The lowest BCUT2D eigenvalue weighted by Crippen LogP contribution is -2.29. The lowest BCUT2D eigenvalue weighted by molar-refractivity contribution is -0.119. The number of amides is 1. The molecule has 27 heavy (non-hydrogen) atoms. The van der Waals surface area contributed by atoms with Gasteiger partial charge in [-0.2, -0.15) is 0 Å². The van der Waals surface area contributed by atoms with Crippen molar-refractivity contribution >= 4 is 11.8 Å². The second-order valence-corrected chi connectivity index (χ2v) is 7.27. The van der Waals surface area contributed by atoms with Crippen LogP contribution in [0.3, 0.4) is 0 Å². The van der Waals surface area contributed by atoms with E-state index in [-0.39, 0.29) is 11.8 Å². The minimum Gasteiger partial charge on any atom is -0.352 e. The second-order valence-electron chi connectivity index (χ2n) is 7.27. The van der Waals surface area contributed by atoms with Crippen molar-refractivity contribution in [2.75, 3.05) is 0 Å². The Labute approximate surface area is 160 Å². The van der Waals surface area contributed by atoms with Crippen molar-refractivity contribution in [1.29, 1.82) is 0 Å². The number of nitrogens with zero attached hydrogens (tertiary/aromatic N) is 2. The summed E-state index contributed by atoms with van der Waals surface area (Å²) in [4.78, 5) is 28.9. The Balaban J connectivity index is 1.86. The van der Waals surface area contributed by atoms with E-state index in [1.54, 1.807) is 16.7 Å².